The Hall–Kier alpha value is -4.62. The largest absolute Gasteiger partial charge is 0.310 e. The summed E-state index contributed by atoms with van der Waals surface area (Å²) >= 11 is 0. The van der Waals surface area contributed by atoms with Gasteiger partial charge in [0.2, 0.25) is 0 Å². The lowest BCUT2D eigenvalue weighted by atomic mass is 9.59. The molecular weight excluding hydrogens is 639 g/mol. The number of rotatable bonds is 5. The SMILES string of the molecule is CC(C)C1C=CC(c2ccccc2N(c2ccc3c(c2)C(C)(C)c2ccccc2-3)c2ccc3c(c2)C2(c4ccccc4-3)C3CC4CC(C3)C2C4)=CC1C. The standard InChI is InChI=1S/C52H51N/c1-31(2)39-21-18-34(24-32(39)3)40-12-8-11-17-50(40)53(37-19-22-43-41-13-6-9-15-45(41)51(4,5)48(43)29-37)38-20-23-44-42-14-7-10-16-46(42)52(49(44)30-38)36-26-33-25-35(28-36)47(52)27-33/h6-24,29-33,35-36,39,47H,25-28H2,1-5H3. The maximum absolute atomic E-state index is 2.66. The Morgan fingerprint density at radius 2 is 1.25 bits per heavy atom. The number of allylic oxidation sites excluding steroid dienone is 4. The van der Waals surface area contributed by atoms with Crippen LogP contribution in [0.3, 0.4) is 0 Å². The van der Waals surface area contributed by atoms with Gasteiger partial charge in [-0.05, 0) is 148 Å². The van der Waals surface area contributed by atoms with Crippen LogP contribution >= 0.6 is 0 Å². The highest BCUT2D eigenvalue weighted by Crippen LogP contribution is 2.73. The smallest absolute Gasteiger partial charge is 0.0539 e. The van der Waals surface area contributed by atoms with E-state index in [2.05, 4.69) is 167 Å². The predicted octanol–water partition coefficient (Wildman–Crippen LogP) is 13.7. The Labute approximate surface area is 316 Å². The molecule has 1 nitrogen and oxygen atoms in total. The van der Waals surface area contributed by atoms with Crippen LogP contribution in [-0.4, -0.2) is 0 Å². The number of anilines is 3. The first-order chi connectivity index (χ1) is 25.7. The van der Waals surface area contributed by atoms with E-state index in [1.807, 2.05) is 0 Å². The van der Waals surface area contributed by atoms with Gasteiger partial charge in [-0.3, -0.25) is 0 Å². The van der Waals surface area contributed by atoms with Crippen LogP contribution in [0.5, 0.6) is 0 Å². The van der Waals surface area contributed by atoms with Gasteiger partial charge in [-0.1, -0.05) is 132 Å². The van der Waals surface area contributed by atoms with Crippen LogP contribution in [0.1, 0.15) is 88.1 Å². The van der Waals surface area contributed by atoms with E-state index < -0.39 is 0 Å². The molecule has 0 saturated heterocycles. The summed E-state index contributed by atoms with van der Waals surface area (Å²) in [6, 6.07) is 42.6. The molecule has 53 heavy (non-hydrogen) atoms. The molecule has 5 aromatic carbocycles. The van der Waals surface area contributed by atoms with E-state index in [4.69, 9.17) is 0 Å². The van der Waals surface area contributed by atoms with Crippen molar-refractivity contribution < 1.29 is 0 Å². The number of nitrogens with zero attached hydrogens (tertiary/aromatic N) is 1. The molecule has 1 heteroatoms. The number of para-hydroxylation sites is 1. The van der Waals surface area contributed by atoms with Crippen molar-refractivity contribution in [2.24, 2.45) is 41.4 Å². The highest BCUT2D eigenvalue weighted by molar-refractivity contribution is 5.93. The molecule has 7 unspecified atom stereocenters. The van der Waals surface area contributed by atoms with Gasteiger partial charge in [0.25, 0.3) is 0 Å². The molecule has 4 bridgehead atoms. The molecule has 0 heterocycles. The number of benzene rings is 5. The van der Waals surface area contributed by atoms with E-state index in [-0.39, 0.29) is 10.8 Å². The fraction of sp³-hybridized carbons (Fsp3) is 0.346. The Kier molecular flexibility index (Phi) is 6.74. The lowest BCUT2D eigenvalue weighted by Crippen LogP contribution is -2.40. The lowest BCUT2D eigenvalue weighted by molar-refractivity contribution is 0.191. The molecule has 0 amide bonds. The average Bonchev–Trinajstić information content (AvgIpc) is 3.79. The predicted molar refractivity (Wildman–Crippen MR) is 222 cm³/mol. The van der Waals surface area contributed by atoms with Gasteiger partial charge in [0.15, 0.2) is 0 Å². The van der Waals surface area contributed by atoms with Crippen LogP contribution in [0.2, 0.25) is 0 Å². The third-order valence-electron chi connectivity index (χ3n) is 15.2. The third-order valence-corrected chi connectivity index (χ3v) is 15.2. The molecule has 4 fully saturated rings. The molecule has 0 N–H and O–H groups in total. The topological polar surface area (TPSA) is 3.24 Å². The molecule has 0 aromatic heterocycles. The molecule has 12 rings (SSSR count). The zero-order chi connectivity index (χ0) is 35.8. The zero-order valence-corrected chi connectivity index (χ0v) is 31.9. The highest BCUT2D eigenvalue weighted by Gasteiger charge is 2.66. The summed E-state index contributed by atoms with van der Waals surface area (Å²) in [6.07, 6.45) is 13.1. The van der Waals surface area contributed by atoms with Crippen molar-refractivity contribution in [1.29, 1.82) is 0 Å². The van der Waals surface area contributed by atoms with Crippen LogP contribution < -0.4 is 4.90 Å². The fourth-order valence-electron chi connectivity index (χ4n) is 13.1. The third kappa shape index (κ3) is 4.26. The quantitative estimate of drug-likeness (QED) is 0.178. The minimum absolute atomic E-state index is 0.0746. The first-order valence-corrected chi connectivity index (χ1v) is 20.5. The molecule has 5 aromatic rings. The first-order valence-electron chi connectivity index (χ1n) is 20.5. The van der Waals surface area contributed by atoms with Gasteiger partial charge in [0.1, 0.15) is 0 Å². The normalized spacial score (nSPS) is 29.0. The summed E-state index contributed by atoms with van der Waals surface area (Å²) in [4.78, 5) is 2.62. The monoisotopic (exact) mass is 689 g/mol. The van der Waals surface area contributed by atoms with Crippen molar-refractivity contribution in [1.82, 2.24) is 0 Å². The first kappa shape index (κ1) is 31.9. The van der Waals surface area contributed by atoms with Crippen LogP contribution in [0, 0.1) is 41.4 Å². The van der Waals surface area contributed by atoms with Gasteiger partial charge < -0.3 is 4.90 Å². The fourth-order valence-corrected chi connectivity index (χ4v) is 13.1. The molecule has 1 spiro atoms. The Morgan fingerprint density at radius 1 is 0.623 bits per heavy atom. The average molecular weight is 690 g/mol. The van der Waals surface area contributed by atoms with Gasteiger partial charge in [-0.25, -0.2) is 0 Å². The van der Waals surface area contributed by atoms with Gasteiger partial charge in [-0.2, -0.15) is 0 Å². The number of hydrogen-bond donors (Lipinski definition) is 0. The number of fused-ring (bicyclic) bond motifs is 6. The highest BCUT2D eigenvalue weighted by atomic mass is 15.1. The molecule has 0 aliphatic heterocycles. The van der Waals surface area contributed by atoms with Gasteiger partial charge in [-0.15, -0.1) is 0 Å². The van der Waals surface area contributed by atoms with Crippen LogP contribution in [-0.2, 0) is 10.8 Å². The molecule has 264 valence electrons. The van der Waals surface area contributed by atoms with Crippen LogP contribution in [0.25, 0.3) is 27.8 Å². The van der Waals surface area contributed by atoms with E-state index in [1.54, 1.807) is 11.1 Å². The van der Waals surface area contributed by atoms with Crippen molar-refractivity contribution in [3.63, 3.8) is 0 Å². The summed E-state index contributed by atoms with van der Waals surface area (Å²) in [5.41, 5.74) is 18.3. The maximum atomic E-state index is 2.66. The van der Waals surface area contributed by atoms with Gasteiger partial charge in [0.05, 0.1) is 5.69 Å². The van der Waals surface area contributed by atoms with Crippen molar-refractivity contribution in [2.45, 2.75) is 71.1 Å². The molecule has 4 saturated carbocycles. The zero-order valence-electron chi connectivity index (χ0n) is 31.9. The molecule has 0 radical (unpaired) electrons. The minimum Gasteiger partial charge on any atom is -0.310 e. The van der Waals surface area contributed by atoms with Crippen molar-refractivity contribution >= 4 is 22.6 Å². The second kappa shape index (κ2) is 11.2. The van der Waals surface area contributed by atoms with Gasteiger partial charge >= 0.3 is 0 Å². The van der Waals surface area contributed by atoms with Crippen LogP contribution in [0.15, 0.2) is 127 Å². The van der Waals surface area contributed by atoms with E-state index in [0.717, 1.165) is 23.7 Å². The Morgan fingerprint density at radius 3 is 1.96 bits per heavy atom. The summed E-state index contributed by atoms with van der Waals surface area (Å²) in [5, 5.41) is 0. The van der Waals surface area contributed by atoms with Crippen molar-refractivity contribution in [3.05, 3.63) is 155 Å². The second-order valence-electron chi connectivity index (χ2n) is 18.4. The number of hydrogen-bond acceptors (Lipinski definition) is 1. The maximum Gasteiger partial charge on any atom is 0.0539 e. The van der Waals surface area contributed by atoms with Gasteiger partial charge in [0, 0.05) is 27.8 Å². The Bertz CT molecular complexity index is 2380. The second-order valence-corrected chi connectivity index (χ2v) is 18.4. The van der Waals surface area contributed by atoms with Crippen LogP contribution in [0.4, 0.5) is 17.1 Å². The molecule has 7 atom stereocenters. The van der Waals surface area contributed by atoms with E-state index in [0.29, 0.717) is 17.8 Å². The molecule has 7 aliphatic rings. The molecule has 7 aliphatic carbocycles. The Balaban J connectivity index is 1.13. The van der Waals surface area contributed by atoms with Crippen molar-refractivity contribution in [2.75, 3.05) is 4.90 Å². The summed E-state index contributed by atoms with van der Waals surface area (Å²) < 4.78 is 0. The summed E-state index contributed by atoms with van der Waals surface area (Å²) in [5.74, 6) is 4.99. The summed E-state index contributed by atoms with van der Waals surface area (Å²) in [7, 11) is 0. The van der Waals surface area contributed by atoms with E-state index >= 15 is 0 Å². The molecular formula is C52H51N. The lowest BCUT2D eigenvalue weighted by Gasteiger charge is -2.44. The van der Waals surface area contributed by atoms with E-state index in [9.17, 15) is 0 Å². The summed E-state index contributed by atoms with van der Waals surface area (Å²) in [6.45, 7) is 11.9. The van der Waals surface area contributed by atoms with Crippen molar-refractivity contribution in [3.8, 4) is 22.3 Å². The van der Waals surface area contributed by atoms with E-state index in [1.165, 1.54) is 87.3 Å². The minimum atomic E-state index is -0.0746.